The summed E-state index contributed by atoms with van der Waals surface area (Å²) in [6.45, 7) is 1.54. The van der Waals surface area contributed by atoms with E-state index in [0.29, 0.717) is 10.5 Å². The number of cyclic esters (lactones) is 1. The number of methoxy groups -OCH3 is 1. The van der Waals surface area contributed by atoms with E-state index in [-0.39, 0.29) is 11.1 Å². The second-order valence-corrected chi connectivity index (χ2v) is 5.25. The van der Waals surface area contributed by atoms with Crippen LogP contribution in [0.3, 0.4) is 0 Å². The molecule has 0 radical (unpaired) electrons. The molecule has 1 aromatic rings. The Bertz CT molecular complexity index is 817. The molecule has 0 fully saturated rings. The van der Waals surface area contributed by atoms with Gasteiger partial charge in [-0.05, 0) is 19.1 Å². The number of hydrogen-bond acceptors (Lipinski definition) is 7. The van der Waals surface area contributed by atoms with Crippen LogP contribution in [0.4, 0.5) is 0 Å². The van der Waals surface area contributed by atoms with Crippen LogP contribution < -0.4 is 0 Å². The van der Waals surface area contributed by atoms with Gasteiger partial charge in [-0.1, -0.05) is 12.1 Å². The molecule has 2 aliphatic rings. The summed E-state index contributed by atoms with van der Waals surface area (Å²) in [6.07, 6.45) is 1.22. The summed E-state index contributed by atoms with van der Waals surface area (Å²) in [6, 6.07) is 6.18. The molecule has 8 heteroatoms. The monoisotopic (exact) mass is 343 g/mol. The molecule has 0 unspecified atom stereocenters. The van der Waals surface area contributed by atoms with E-state index in [9.17, 15) is 19.2 Å². The van der Waals surface area contributed by atoms with Crippen LogP contribution in [0.25, 0.3) is 0 Å². The summed E-state index contributed by atoms with van der Waals surface area (Å²) in [5, 5.41) is 0. The number of carbonyl (C=O) groups is 4. The quantitative estimate of drug-likeness (QED) is 0.350. The van der Waals surface area contributed by atoms with Crippen molar-refractivity contribution in [2.75, 3.05) is 7.11 Å². The second-order valence-electron chi connectivity index (χ2n) is 5.25. The van der Waals surface area contributed by atoms with Crippen molar-refractivity contribution in [3.8, 4) is 0 Å². The minimum absolute atomic E-state index is 0.172. The van der Waals surface area contributed by atoms with Gasteiger partial charge in [-0.15, -0.1) is 0 Å². The fourth-order valence-corrected chi connectivity index (χ4v) is 2.41. The largest absolute Gasteiger partial charge is 0.464 e. The van der Waals surface area contributed by atoms with Crippen LogP contribution >= 0.6 is 0 Å². The highest BCUT2D eigenvalue weighted by atomic mass is 16.7. The maximum Gasteiger partial charge on any atom is 0.358 e. The zero-order valence-electron chi connectivity index (χ0n) is 13.3. The Morgan fingerprint density at radius 2 is 1.76 bits per heavy atom. The van der Waals surface area contributed by atoms with Crippen molar-refractivity contribution in [1.82, 2.24) is 4.90 Å². The third-order valence-electron chi connectivity index (χ3n) is 3.67. The lowest BCUT2D eigenvalue weighted by atomic mass is 10.1. The molecule has 0 aliphatic carbocycles. The fraction of sp³-hybridized carbons (Fsp3) is 0.176. The molecule has 2 heterocycles. The molecular formula is C17H13NO7. The van der Waals surface area contributed by atoms with Crippen LogP contribution in [0.5, 0.6) is 0 Å². The molecule has 2 aliphatic heterocycles. The standard InChI is InChI=1S/C17H13NO7/c1-9-7-13(25-16(9)21)24-8-12(17(22)23-2)18-14(19)10-5-3-4-6-11(10)15(18)20/h3-8,13H,1-2H3/t13-/m1/s1. The number of benzene rings is 1. The molecule has 128 valence electrons. The Morgan fingerprint density at radius 1 is 1.16 bits per heavy atom. The molecule has 0 aromatic heterocycles. The zero-order chi connectivity index (χ0) is 18.1. The third kappa shape index (κ3) is 2.78. The van der Waals surface area contributed by atoms with Crippen molar-refractivity contribution in [2.24, 2.45) is 0 Å². The summed E-state index contributed by atoms with van der Waals surface area (Å²) in [7, 11) is 1.11. The molecule has 0 N–H and O–H groups in total. The molecule has 0 bridgehead atoms. The predicted molar refractivity (Wildman–Crippen MR) is 81.8 cm³/mol. The number of esters is 2. The van der Waals surface area contributed by atoms with Gasteiger partial charge in [-0.2, -0.15) is 0 Å². The number of ether oxygens (including phenoxy) is 3. The summed E-state index contributed by atoms with van der Waals surface area (Å²) in [5.41, 5.74) is 0.275. The Kier molecular flexibility index (Phi) is 4.10. The van der Waals surface area contributed by atoms with E-state index in [4.69, 9.17) is 9.47 Å². The van der Waals surface area contributed by atoms with E-state index in [0.717, 1.165) is 13.4 Å². The summed E-state index contributed by atoms with van der Waals surface area (Å²) < 4.78 is 14.7. The lowest BCUT2D eigenvalue weighted by molar-refractivity contribution is -0.152. The third-order valence-corrected chi connectivity index (χ3v) is 3.67. The average Bonchev–Trinajstić information content (AvgIpc) is 3.06. The van der Waals surface area contributed by atoms with Crippen LogP contribution in [-0.4, -0.2) is 42.1 Å². The maximum absolute atomic E-state index is 12.5. The van der Waals surface area contributed by atoms with E-state index in [1.165, 1.54) is 18.2 Å². The lowest BCUT2D eigenvalue weighted by Gasteiger charge is -2.16. The molecule has 0 spiro atoms. The zero-order valence-corrected chi connectivity index (χ0v) is 13.3. The Hall–Kier alpha value is -3.42. The Balaban J connectivity index is 1.91. The van der Waals surface area contributed by atoms with Gasteiger partial charge in [0.05, 0.1) is 18.2 Å². The molecule has 0 saturated carbocycles. The number of hydrogen-bond donors (Lipinski definition) is 0. The first kappa shape index (κ1) is 16.4. The van der Waals surface area contributed by atoms with E-state index in [1.54, 1.807) is 19.1 Å². The summed E-state index contributed by atoms with van der Waals surface area (Å²) >= 11 is 0. The SMILES string of the molecule is COC(=O)C(=CO[C@H]1C=C(C)C(=O)O1)N1C(=O)c2ccccc2C1=O. The van der Waals surface area contributed by atoms with Gasteiger partial charge in [-0.25, -0.2) is 14.5 Å². The highest BCUT2D eigenvalue weighted by Gasteiger charge is 2.40. The van der Waals surface area contributed by atoms with Crippen LogP contribution in [0.1, 0.15) is 27.6 Å². The predicted octanol–water partition coefficient (Wildman–Crippen LogP) is 1.14. The van der Waals surface area contributed by atoms with Gasteiger partial charge in [0.15, 0.2) is 5.70 Å². The number of fused-ring (bicyclic) bond motifs is 1. The van der Waals surface area contributed by atoms with Crippen molar-refractivity contribution in [2.45, 2.75) is 13.2 Å². The first-order valence-electron chi connectivity index (χ1n) is 7.25. The van der Waals surface area contributed by atoms with Gasteiger partial charge < -0.3 is 14.2 Å². The average molecular weight is 343 g/mol. The Morgan fingerprint density at radius 3 is 2.24 bits per heavy atom. The fourth-order valence-electron chi connectivity index (χ4n) is 2.41. The molecule has 1 atom stereocenters. The number of carbonyl (C=O) groups excluding carboxylic acids is 4. The van der Waals surface area contributed by atoms with Crippen LogP contribution in [0.15, 0.2) is 47.9 Å². The van der Waals surface area contributed by atoms with Crippen molar-refractivity contribution in [1.29, 1.82) is 0 Å². The minimum Gasteiger partial charge on any atom is -0.464 e. The van der Waals surface area contributed by atoms with Crippen molar-refractivity contribution < 1.29 is 33.4 Å². The van der Waals surface area contributed by atoms with Crippen LogP contribution in [0, 0.1) is 0 Å². The molecule has 0 saturated heterocycles. The molecule has 3 rings (SSSR count). The molecule has 2 amide bonds. The van der Waals surface area contributed by atoms with Crippen molar-refractivity contribution >= 4 is 23.8 Å². The topological polar surface area (TPSA) is 99.2 Å². The van der Waals surface area contributed by atoms with E-state index in [2.05, 4.69) is 4.74 Å². The van der Waals surface area contributed by atoms with E-state index < -0.39 is 35.7 Å². The first-order chi connectivity index (χ1) is 11.9. The molecule has 8 nitrogen and oxygen atoms in total. The molecule has 25 heavy (non-hydrogen) atoms. The number of nitrogens with zero attached hydrogens (tertiary/aromatic N) is 1. The van der Waals surface area contributed by atoms with E-state index in [1.807, 2.05) is 0 Å². The van der Waals surface area contributed by atoms with Gasteiger partial charge in [0.1, 0.15) is 6.26 Å². The van der Waals surface area contributed by atoms with Gasteiger partial charge in [0, 0.05) is 11.6 Å². The number of imide groups is 1. The summed E-state index contributed by atoms with van der Waals surface area (Å²) in [5.74, 6) is -2.84. The smallest absolute Gasteiger partial charge is 0.358 e. The summed E-state index contributed by atoms with van der Waals surface area (Å²) in [4.78, 5) is 49.0. The highest BCUT2D eigenvalue weighted by Crippen LogP contribution is 2.27. The normalized spacial score (nSPS) is 19.5. The van der Waals surface area contributed by atoms with E-state index >= 15 is 0 Å². The van der Waals surface area contributed by atoms with Crippen LogP contribution in [-0.2, 0) is 23.8 Å². The van der Waals surface area contributed by atoms with Crippen LogP contribution in [0.2, 0.25) is 0 Å². The first-order valence-corrected chi connectivity index (χ1v) is 7.25. The highest BCUT2D eigenvalue weighted by molar-refractivity contribution is 6.24. The van der Waals surface area contributed by atoms with Gasteiger partial charge in [-0.3, -0.25) is 9.59 Å². The Labute approximate surface area is 142 Å². The molecule has 1 aromatic carbocycles. The van der Waals surface area contributed by atoms with Gasteiger partial charge in [0.25, 0.3) is 18.1 Å². The van der Waals surface area contributed by atoms with Gasteiger partial charge in [0.2, 0.25) is 0 Å². The maximum atomic E-state index is 12.5. The number of amides is 2. The van der Waals surface area contributed by atoms with Crippen molar-refractivity contribution in [3.05, 3.63) is 59.0 Å². The van der Waals surface area contributed by atoms with Gasteiger partial charge >= 0.3 is 11.9 Å². The van der Waals surface area contributed by atoms with Crippen molar-refractivity contribution in [3.63, 3.8) is 0 Å². The minimum atomic E-state index is -1.05. The lowest BCUT2D eigenvalue weighted by Crippen LogP contribution is -2.34. The second kappa shape index (κ2) is 6.23. The molecular weight excluding hydrogens is 330 g/mol. The number of rotatable bonds is 4.